The van der Waals surface area contributed by atoms with Gasteiger partial charge in [-0.3, -0.25) is 14.8 Å². The van der Waals surface area contributed by atoms with Gasteiger partial charge < -0.3 is 4.74 Å². The zero-order valence-corrected chi connectivity index (χ0v) is 5.65. The van der Waals surface area contributed by atoms with Crippen LogP contribution in [0.3, 0.4) is 0 Å². The normalized spacial score (nSPS) is 21.7. The highest BCUT2D eigenvalue weighted by Crippen LogP contribution is 1.95. The summed E-state index contributed by atoms with van der Waals surface area (Å²) in [6, 6.07) is 0. The topological polar surface area (TPSA) is 110 Å². The van der Waals surface area contributed by atoms with Crippen molar-refractivity contribution in [1.82, 2.24) is 0 Å². The van der Waals surface area contributed by atoms with Crippen LogP contribution in [0.15, 0.2) is 12.3 Å². The molecule has 6 nitrogen and oxygen atoms in total. The average Bonchev–Trinajstić information content (AvgIpc) is 1.56. The Morgan fingerprint density at radius 3 is 1.70 bits per heavy atom. The van der Waals surface area contributed by atoms with E-state index >= 15 is 0 Å². The zero-order chi connectivity index (χ0) is 8.20. The molecule has 1 atom stereocenters. The Morgan fingerprint density at radius 1 is 1.50 bits per heavy atom. The fraction of sp³-hybridized carbons (Fsp3) is 0.333. The van der Waals surface area contributed by atoms with Gasteiger partial charge in [0.2, 0.25) is 0 Å². The van der Waals surface area contributed by atoms with E-state index in [1.165, 1.54) is 0 Å². The first-order chi connectivity index (χ1) is 4.39. The van der Waals surface area contributed by atoms with Gasteiger partial charge in [-0.25, -0.2) is 0 Å². The molecule has 0 aliphatic carbocycles. The Hall–Kier alpha value is -0.630. The van der Waals surface area contributed by atoms with Crippen molar-refractivity contribution in [3.63, 3.8) is 0 Å². The molecule has 0 spiro atoms. The van der Waals surface area contributed by atoms with Crippen molar-refractivity contribution in [2.45, 2.75) is 6.23 Å². The second-order valence-corrected chi connectivity index (χ2v) is 2.27. The first kappa shape index (κ1) is 9.37. The van der Waals surface area contributed by atoms with Gasteiger partial charge in [-0.1, -0.05) is 0 Å². The Kier molecular flexibility index (Phi) is 3.30. The van der Waals surface area contributed by atoms with E-state index in [0.29, 0.717) is 0 Å². The highest BCUT2D eigenvalue weighted by Gasteiger charge is 1.99. The van der Waals surface area contributed by atoms with Gasteiger partial charge in [0.25, 0.3) is 0 Å². The number of hydrogen-bond donors (Lipinski definition) is 3. The highest BCUT2D eigenvalue weighted by atomic mass is 32.3. The maximum atomic E-state index is 8.74. The third-order valence-corrected chi connectivity index (χ3v) is 0.504. The zero-order valence-electron chi connectivity index (χ0n) is 4.84. The van der Waals surface area contributed by atoms with Gasteiger partial charge in [0.05, 0.1) is 6.26 Å². The van der Waals surface area contributed by atoms with Crippen LogP contribution in [0, 0.1) is 0 Å². The second-order valence-electron chi connectivity index (χ2n) is 1.38. The molecule has 60 valence electrons. The summed E-state index contributed by atoms with van der Waals surface area (Å²) < 4.78 is 36.1. The number of nitrogens with two attached hydrogens (primary N) is 1. The van der Waals surface area contributed by atoms with Gasteiger partial charge in [0.15, 0.2) is 6.23 Å². The van der Waals surface area contributed by atoms with Crippen LogP contribution in [0.1, 0.15) is 0 Å². The van der Waals surface area contributed by atoms with Gasteiger partial charge in [0, 0.05) is 6.08 Å². The Morgan fingerprint density at radius 2 is 1.70 bits per heavy atom. The van der Waals surface area contributed by atoms with Crippen molar-refractivity contribution in [3.8, 4) is 0 Å². The van der Waals surface area contributed by atoms with E-state index in [1.807, 2.05) is 0 Å². The molecule has 0 amide bonds. The molecule has 1 aliphatic heterocycles. The van der Waals surface area contributed by atoms with E-state index in [4.69, 9.17) is 23.3 Å². The van der Waals surface area contributed by atoms with E-state index in [1.54, 1.807) is 12.3 Å². The molecule has 1 unspecified atom stereocenters. The minimum absolute atomic E-state index is 0.116. The van der Waals surface area contributed by atoms with Crippen molar-refractivity contribution < 1.29 is 22.3 Å². The first-order valence-electron chi connectivity index (χ1n) is 2.17. The molecule has 0 aromatic rings. The number of hydrogen-bond acceptors (Lipinski definition) is 4. The lowest BCUT2D eigenvalue weighted by atomic mass is 10.5. The first-order valence-corrected chi connectivity index (χ1v) is 3.57. The summed E-state index contributed by atoms with van der Waals surface area (Å²) in [5.41, 5.74) is 5.07. The summed E-state index contributed by atoms with van der Waals surface area (Å²) >= 11 is 0. The SMILES string of the molecule is NC1C=CO1.O=S(=O)(O)O. The minimum atomic E-state index is -4.67. The molecule has 0 bridgehead atoms. The molecule has 0 aromatic carbocycles. The van der Waals surface area contributed by atoms with Crippen LogP contribution in [0.4, 0.5) is 0 Å². The summed E-state index contributed by atoms with van der Waals surface area (Å²) in [6.45, 7) is 0. The molecule has 0 saturated carbocycles. The molecule has 0 fully saturated rings. The van der Waals surface area contributed by atoms with Gasteiger partial charge >= 0.3 is 10.4 Å². The lowest BCUT2D eigenvalue weighted by Crippen LogP contribution is -2.24. The standard InChI is InChI=1S/C3H5NO.H2O4S/c4-3-1-2-5-3;1-5(2,3)4/h1-3H,4H2;(H2,1,2,3,4). The van der Waals surface area contributed by atoms with Crippen molar-refractivity contribution in [1.29, 1.82) is 0 Å². The van der Waals surface area contributed by atoms with E-state index in [0.717, 1.165) is 0 Å². The molecule has 0 saturated heterocycles. The smallest absolute Gasteiger partial charge is 0.394 e. The Labute approximate surface area is 57.9 Å². The Bertz CT molecular complexity index is 199. The highest BCUT2D eigenvalue weighted by molar-refractivity contribution is 7.79. The van der Waals surface area contributed by atoms with Crippen LogP contribution in [-0.2, 0) is 15.1 Å². The number of ether oxygens (including phenoxy) is 1. The lowest BCUT2D eigenvalue weighted by Gasteiger charge is -2.12. The monoisotopic (exact) mass is 169 g/mol. The molecule has 7 heteroatoms. The van der Waals surface area contributed by atoms with E-state index in [9.17, 15) is 0 Å². The van der Waals surface area contributed by atoms with Crippen molar-refractivity contribution >= 4 is 10.4 Å². The van der Waals surface area contributed by atoms with Crippen molar-refractivity contribution in [2.24, 2.45) is 5.73 Å². The summed E-state index contributed by atoms with van der Waals surface area (Å²) in [5.74, 6) is 0. The molecule has 0 radical (unpaired) electrons. The maximum Gasteiger partial charge on any atom is 0.394 e. The van der Waals surface area contributed by atoms with Gasteiger partial charge in [-0.05, 0) is 0 Å². The third-order valence-electron chi connectivity index (χ3n) is 0.504. The predicted octanol–water partition coefficient (Wildman–Crippen LogP) is -0.838. The van der Waals surface area contributed by atoms with Crippen LogP contribution in [0.2, 0.25) is 0 Å². The average molecular weight is 169 g/mol. The van der Waals surface area contributed by atoms with Crippen LogP contribution in [0.5, 0.6) is 0 Å². The predicted molar refractivity (Wildman–Crippen MR) is 32.4 cm³/mol. The maximum absolute atomic E-state index is 8.74. The van der Waals surface area contributed by atoms with Crippen LogP contribution >= 0.6 is 0 Å². The van der Waals surface area contributed by atoms with Crippen LogP contribution in [0.25, 0.3) is 0 Å². The summed E-state index contributed by atoms with van der Waals surface area (Å²) in [6.07, 6.45) is 3.24. The van der Waals surface area contributed by atoms with E-state index < -0.39 is 10.4 Å². The van der Waals surface area contributed by atoms with E-state index in [2.05, 4.69) is 4.74 Å². The molecule has 4 N–H and O–H groups in total. The molecule has 1 rings (SSSR count). The molecular weight excluding hydrogens is 162 g/mol. The van der Waals surface area contributed by atoms with Crippen molar-refractivity contribution in [3.05, 3.63) is 12.3 Å². The summed E-state index contributed by atoms with van der Waals surface area (Å²) in [7, 11) is -4.67. The quantitative estimate of drug-likeness (QED) is 0.408. The largest absolute Gasteiger partial charge is 0.480 e. The molecule has 0 aromatic heterocycles. The lowest BCUT2D eigenvalue weighted by molar-refractivity contribution is 0.146. The van der Waals surface area contributed by atoms with Gasteiger partial charge in [-0.15, -0.1) is 0 Å². The molecular formula is C3H7NO5S. The molecule has 1 aliphatic rings. The van der Waals surface area contributed by atoms with E-state index in [-0.39, 0.29) is 6.23 Å². The van der Waals surface area contributed by atoms with Crippen LogP contribution in [-0.4, -0.2) is 23.8 Å². The van der Waals surface area contributed by atoms with Gasteiger partial charge in [-0.2, -0.15) is 8.42 Å². The fourth-order valence-electron chi connectivity index (χ4n) is 0.169. The summed E-state index contributed by atoms with van der Waals surface area (Å²) in [4.78, 5) is 0. The fourth-order valence-corrected chi connectivity index (χ4v) is 0.169. The summed E-state index contributed by atoms with van der Waals surface area (Å²) in [5, 5.41) is 0. The van der Waals surface area contributed by atoms with Gasteiger partial charge in [0.1, 0.15) is 0 Å². The minimum Gasteiger partial charge on any atom is -0.480 e. The third kappa shape index (κ3) is 10.4. The molecule has 10 heavy (non-hydrogen) atoms. The molecule has 1 heterocycles. The Balaban J connectivity index is 0.000000162. The van der Waals surface area contributed by atoms with Crippen LogP contribution < -0.4 is 5.73 Å². The second kappa shape index (κ2) is 3.52. The number of rotatable bonds is 0. The van der Waals surface area contributed by atoms with Crippen molar-refractivity contribution in [2.75, 3.05) is 0 Å².